The monoisotopic (exact) mass is 510 g/mol. The third-order valence-electron chi connectivity index (χ3n) is 2.72. The van der Waals surface area contributed by atoms with Crippen LogP contribution in [0.25, 0.3) is 0 Å². The van der Waals surface area contributed by atoms with Crippen LogP contribution in [0.4, 0.5) is 30.7 Å². The summed E-state index contributed by atoms with van der Waals surface area (Å²) in [5.41, 5.74) is -6.86. The van der Waals surface area contributed by atoms with E-state index in [0.717, 1.165) is 6.07 Å². The maximum atomic E-state index is 13.5. The van der Waals surface area contributed by atoms with Gasteiger partial charge in [0, 0.05) is 3.57 Å². The molecule has 142 valence electrons. The molecule has 0 aliphatic carbocycles. The van der Waals surface area contributed by atoms with E-state index in [2.05, 4.69) is 4.74 Å². The number of ether oxygens (including phenoxy) is 1. The molecule has 0 unspecified atom stereocenters. The van der Waals surface area contributed by atoms with Gasteiger partial charge in [-0.05, 0) is 40.8 Å². The number of benzene rings is 1. The van der Waals surface area contributed by atoms with E-state index in [9.17, 15) is 43.9 Å². The quantitative estimate of drug-likeness (QED) is 0.291. The summed E-state index contributed by atoms with van der Waals surface area (Å²) in [5, 5.41) is 0. The Hall–Kier alpha value is -1.16. The van der Waals surface area contributed by atoms with Gasteiger partial charge in [-0.25, -0.2) is 9.18 Å². The number of hydrogen-bond acceptors (Lipinski definition) is 4. The fourth-order valence-corrected chi connectivity index (χ4v) is 2.98. The summed E-state index contributed by atoms with van der Waals surface area (Å²) in [6.45, 7) is 0. The van der Waals surface area contributed by atoms with Crippen molar-refractivity contribution < 1.29 is 53.2 Å². The second-order valence-corrected chi connectivity index (χ2v) is 7.26. The van der Waals surface area contributed by atoms with Crippen LogP contribution in [0.3, 0.4) is 0 Å². The first-order chi connectivity index (χ1) is 11.0. The van der Waals surface area contributed by atoms with Crippen molar-refractivity contribution in [3.05, 3.63) is 33.1 Å². The van der Waals surface area contributed by atoms with Crippen molar-refractivity contribution in [1.29, 1.82) is 0 Å². The topological polar surface area (TPSA) is 80.7 Å². The summed E-state index contributed by atoms with van der Waals surface area (Å²) < 4.78 is 125. The molecule has 0 heterocycles. The largest absolute Gasteiger partial charge is 0.438 e. The average Bonchev–Trinajstić information content (AvgIpc) is 2.36. The highest BCUT2D eigenvalue weighted by molar-refractivity contribution is 14.1. The molecule has 14 heteroatoms. The molecule has 0 aromatic heterocycles. The van der Waals surface area contributed by atoms with E-state index < -0.39 is 51.2 Å². The number of esters is 1. The van der Waals surface area contributed by atoms with Crippen molar-refractivity contribution in [2.45, 2.75) is 18.0 Å². The lowest BCUT2D eigenvalue weighted by Gasteiger charge is -2.35. The van der Waals surface area contributed by atoms with E-state index in [1.165, 1.54) is 22.6 Å². The molecule has 0 bridgehead atoms. The number of alkyl halides is 6. The van der Waals surface area contributed by atoms with Gasteiger partial charge < -0.3 is 4.74 Å². The molecule has 0 amide bonds. The minimum absolute atomic E-state index is 0.0744. The lowest BCUT2D eigenvalue weighted by Crippen LogP contribution is -2.63. The molecular weight excluding hydrogens is 504 g/mol. The van der Waals surface area contributed by atoms with Crippen molar-refractivity contribution in [2.75, 3.05) is 5.75 Å². The van der Waals surface area contributed by atoms with Gasteiger partial charge in [-0.1, -0.05) is 0 Å². The minimum atomic E-state index is -6.48. The second kappa shape index (κ2) is 6.86. The third kappa shape index (κ3) is 4.93. The Morgan fingerprint density at radius 2 is 1.60 bits per heavy atom. The SMILES string of the molecule is O=C(OC(CS(=O)(=O)O)(C(F)(F)F)C(F)(F)F)c1cc(I)ccc1F. The first-order valence-electron chi connectivity index (χ1n) is 5.77. The van der Waals surface area contributed by atoms with Gasteiger partial charge in [0.1, 0.15) is 11.6 Å². The van der Waals surface area contributed by atoms with Crippen LogP contribution >= 0.6 is 22.6 Å². The number of halogens is 8. The van der Waals surface area contributed by atoms with Crippen molar-refractivity contribution in [1.82, 2.24) is 0 Å². The van der Waals surface area contributed by atoms with E-state index in [4.69, 9.17) is 4.55 Å². The summed E-state index contributed by atoms with van der Waals surface area (Å²) in [7, 11) is -5.91. The predicted octanol–water partition coefficient (Wildman–Crippen LogP) is 3.34. The van der Waals surface area contributed by atoms with Crippen molar-refractivity contribution in [2.24, 2.45) is 0 Å². The van der Waals surface area contributed by atoms with Gasteiger partial charge in [0.15, 0.2) is 0 Å². The number of hydrogen-bond donors (Lipinski definition) is 1. The smallest absolute Gasteiger partial charge is 0.434 e. The van der Waals surface area contributed by atoms with Crippen LogP contribution in [-0.2, 0) is 14.9 Å². The molecular formula is C11H6F7IO5S. The zero-order valence-corrected chi connectivity index (χ0v) is 14.4. The zero-order valence-electron chi connectivity index (χ0n) is 11.5. The molecule has 1 N–H and O–H groups in total. The third-order valence-corrected chi connectivity index (χ3v) is 4.16. The van der Waals surface area contributed by atoms with Crippen LogP contribution in [0.2, 0.25) is 0 Å². The van der Waals surface area contributed by atoms with Crippen LogP contribution in [0.5, 0.6) is 0 Å². The maximum absolute atomic E-state index is 13.5. The summed E-state index contributed by atoms with van der Waals surface area (Å²) in [4.78, 5) is 11.7. The predicted molar refractivity (Wildman–Crippen MR) is 75.8 cm³/mol. The maximum Gasteiger partial charge on any atom is 0.438 e. The molecule has 0 saturated heterocycles. The molecule has 0 spiro atoms. The summed E-state index contributed by atoms with van der Waals surface area (Å²) in [5.74, 6) is -6.94. The molecule has 1 aromatic carbocycles. The van der Waals surface area contributed by atoms with Gasteiger partial charge >= 0.3 is 23.9 Å². The number of carbonyl (C=O) groups is 1. The van der Waals surface area contributed by atoms with Gasteiger partial charge in [-0.3, -0.25) is 4.55 Å². The minimum Gasteiger partial charge on any atom is -0.434 e. The van der Waals surface area contributed by atoms with Gasteiger partial charge in [0.25, 0.3) is 10.1 Å². The highest BCUT2D eigenvalue weighted by Gasteiger charge is 2.76. The van der Waals surface area contributed by atoms with Gasteiger partial charge in [0.05, 0.1) is 5.56 Å². The Labute approximate surface area is 149 Å². The van der Waals surface area contributed by atoms with Crippen LogP contribution in [0.15, 0.2) is 18.2 Å². The van der Waals surface area contributed by atoms with E-state index in [1.54, 1.807) is 0 Å². The van der Waals surface area contributed by atoms with E-state index in [1.807, 2.05) is 0 Å². The summed E-state index contributed by atoms with van der Waals surface area (Å²) >= 11 is 1.49. The Morgan fingerprint density at radius 3 is 2.00 bits per heavy atom. The Morgan fingerprint density at radius 1 is 1.12 bits per heavy atom. The van der Waals surface area contributed by atoms with Crippen LogP contribution in [0.1, 0.15) is 10.4 Å². The summed E-state index contributed by atoms with van der Waals surface area (Å²) in [6.07, 6.45) is -13.0. The second-order valence-electron chi connectivity index (χ2n) is 4.56. The van der Waals surface area contributed by atoms with Crippen molar-refractivity contribution >= 4 is 38.7 Å². The standard InChI is InChI=1S/C11H6F7IO5S/c12-7-2-1-5(19)3-6(7)8(20)24-9(10(13,14)15,11(16,17)18)4-25(21,22)23/h1-3H,4H2,(H,21,22,23). The lowest BCUT2D eigenvalue weighted by molar-refractivity contribution is -0.356. The summed E-state index contributed by atoms with van der Waals surface area (Å²) in [6, 6.07) is 2.25. The molecule has 0 fully saturated rings. The fourth-order valence-electron chi connectivity index (χ4n) is 1.59. The number of carbonyl (C=O) groups excluding carboxylic acids is 1. The normalized spacial score (nSPS) is 13.6. The molecule has 1 aromatic rings. The van der Waals surface area contributed by atoms with E-state index >= 15 is 0 Å². The molecule has 25 heavy (non-hydrogen) atoms. The van der Waals surface area contributed by atoms with E-state index in [0.29, 0.717) is 12.1 Å². The fraction of sp³-hybridized carbons (Fsp3) is 0.364. The van der Waals surface area contributed by atoms with Crippen LogP contribution in [-0.4, -0.2) is 42.6 Å². The Bertz CT molecular complexity index is 758. The van der Waals surface area contributed by atoms with Gasteiger partial charge in [0.2, 0.25) is 0 Å². The van der Waals surface area contributed by atoms with E-state index in [-0.39, 0.29) is 3.57 Å². The average molecular weight is 510 g/mol. The molecule has 0 atom stereocenters. The highest BCUT2D eigenvalue weighted by Crippen LogP contribution is 2.47. The molecule has 1 rings (SSSR count). The molecule has 0 saturated carbocycles. The van der Waals surface area contributed by atoms with Gasteiger partial charge in [-0.15, -0.1) is 0 Å². The molecule has 0 aliphatic heterocycles. The van der Waals surface area contributed by atoms with Crippen LogP contribution < -0.4 is 0 Å². The van der Waals surface area contributed by atoms with Crippen molar-refractivity contribution in [3.8, 4) is 0 Å². The van der Waals surface area contributed by atoms with Gasteiger partial charge in [-0.2, -0.15) is 34.8 Å². The molecule has 0 radical (unpaired) electrons. The van der Waals surface area contributed by atoms with Crippen LogP contribution in [0, 0.1) is 9.39 Å². The molecule has 0 aliphatic rings. The highest BCUT2D eigenvalue weighted by atomic mass is 127. The number of rotatable bonds is 4. The first kappa shape index (κ1) is 21.9. The Balaban J connectivity index is 3.53. The molecule has 5 nitrogen and oxygen atoms in total. The first-order valence-corrected chi connectivity index (χ1v) is 8.46. The van der Waals surface area contributed by atoms with Crippen molar-refractivity contribution in [3.63, 3.8) is 0 Å². The Kier molecular flexibility index (Phi) is 6.01. The zero-order chi connectivity index (χ0) is 19.8. The lowest BCUT2D eigenvalue weighted by atomic mass is 10.1.